The monoisotopic (exact) mass is 333 g/mol. The van der Waals surface area contributed by atoms with Crippen LogP contribution in [0.3, 0.4) is 0 Å². The maximum atomic E-state index is 10.9. The van der Waals surface area contributed by atoms with Gasteiger partial charge in [-0.25, -0.2) is 0 Å². The Labute approximate surface area is 138 Å². The van der Waals surface area contributed by atoms with Crippen molar-refractivity contribution in [3.05, 3.63) is 62.4 Å². The molecule has 1 aliphatic heterocycles. The largest absolute Gasteiger partial charge is 0.496 e. The first-order valence-electron chi connectivity index (χ1n) is 7.24. The number of ether oxygens (including phenoxy) is 1. The molecule has 1 aromatic heterocycles. The lowest BCUT2D eigenvalue weighted by molar-refractivity contribution is -0.385. The van der Waals surface area contributed by atoms with Gasteiger partial charge >= 0.3 is 0 Å². The van der Waals surface area contributed by atoms with E-state index in [1.54, 1.807) is 19.2 Å². The Hall–Kier alpha value is -2.18. The summed E-state index contributed by atoms with van der Waals surface area (Å²) in [5, 5.41) is 11.5. The quantitative estimate of drug-likeness (QED) is 0.634. The minimum Gasteiger partial charge on any atom is -0.496 e. The third-order valence-electron chi connectivity index (χ3n) is 3.96. The molecule has 6 nitrogen and oxygen atoms in total. The maximum Gasteiger partial charge on any atom is 0.287 e. The van der Waals surface area contributed by atoms with E-state index in [1.807, 2.05) is 12.1 Å². The smallest absolute Gasteiger partial charge is 0.287 e. The zero-order chi connectivity index (χ0) is 16.4. The summed E-state index contributed by atoms with van der Waals surface area (Å²) < 4.78 is 5.37. The molecule has 0 spiro atoms. The molecule has 23 heavy (non-hydrogen) atoms. The molecule has 2 heterocycles. The van der Waals surface area contributed by atoms with Gasteiger partial charge in [0.05, 0.1) is 12.0 Å². The first-order valence-corrected chi connectivity index (χ1v) is 7.61. The second kappa shape index (κ2) is 6.52. The molecular formula is C16H16ClN3O3. The van der Waals surface area contributed by atoms with Crippen molar-refractivity contribution in [2.45, 2.75) is 19.5 Å². The summed E-state index contributed by atoms with van der Waals surface area (Å²) in [5.74, 6) is 0.750. The van der Waals surface area contributed by atoms with Crippen LogP contribution in [0.15, 0.2) is 30.5 Å². The number of fused-ring (bicyclic) bond motifs is 1. The van der Waals surface area contributed by atoms with Crippen molar-refractivity contribution >= 4 is 17.3 Å². The van der Waals surface area contributed by atoms with Gasteiger partial charge in [-0.2, -0.15) is 0 Å². The van der Waals surface area contributed by atoms with E-state index in [4.69, 9.17) is 16.3 Å². The van der Waals surface area contributed by atoms with Gasteiger partial charge in [-0.05, 0) is 17.7 Å². The van der Waals surface area contributed by atoms with Crippen LogP contribution in [-0.2, 0) is 19.5 Å². The van der Waals surface area contributed by atoms with Crippen molar-refractivity contribution in [1.82, 2.24) is 9.88 Å². The molecule has 0 saturated carbocycles. The summed E-state index contributed by atoms with van der Waals surface area (Å²) >= 11 is 5.99. The third kappa shape index (κ3) is 3.43. The summed E-state index contributed by atoms with van der Waals surface area (Å²) in [5.41, 5.74) is 2.93. The maximum absolute atomic E-state index is 10.9. The number of hydrogen-bond acceptors (Lipinski definition) is 5. The lowest BCUT2D eigenvalue weighted by Gasteiger charge is -2.28. The number of nitro groups is 1. The van der Waals surface area contributed by atoms with Crippen molar-refractivity contribution in [3.8, 4) is 5.75 Å². The first kappa shape index (κ1) is 15.7. The number of methoxy groups -OCH3 is 1. The predicted octanol–water partition coefficient (Wildman–Crippen LogP) is 3.21. The lowest BCUT2D eigenvalue weighted by atomic mass is 10.0. The van der Waals surface area contributed by atoms with Crippen LogP contribution in [0.5, 0.6) is 5.75 Å². The molecule has 120 valence electrons. The van der Waals surface area contributed by atoms with E-state index >= 15 is 0 Å². The molecule has 0 aliphatic carbocycles. The van der Waals surface area contributed by atoms with Gasteiger partial charge < -0.3 is 4.74 Å². The van der Waals surface area contributed by atoms with Crippen LogP contribution in [0.4, 0.5) is 5.69 Å². The SMILES string of the molecule is COc1cc(Cl)ccc1CN1CCc2ncc([N+](=O)[O-])cc2C1. The second-order valence-corrected chi connectivity index (χ2v) is 5.91. The van der Waals surface area contributed by atoms with Crippen LogP contribution in [0.25, 0.3) is 0 Å². The van der Waals surface area contributed by atoms with Crippen LogP contribution < -0.4 is 4.74 Å². The average Bonchev–Trinajstić information content (AvgIpc) is 2.55. The second-order valence-electron chi connectivity index (χ2n) is 5.47. The summed E-state index contributed by atoms with van der Waals surface area (Å²) in [6, 6.07) is 7.20. The number of hydrogen-bond donors (Lipinski definition) is 0. The highest BCUT2D eigenvalue weighted by atomic mass is 35.5. The Balaban J connectivity index is 1.79. The highest BCUT2D eigenvalue weighted by molar-refractivity contribution is 6.30. The normalized spacial score (nSPS) is 14.3. The molecule has 0 atom stereocenters. The molecule has 7 heteroatoms. The Morgan fingerprint density at radius 1 is 1.43 bits per heavy atom. The highest BCUT2D eigenvalue weighted by Gasteiger charge is 2.21. The van der Waals surface area contributed by atoms with E-state index in [0.29, 0.717) is 18.1 Å². The Bertz CT molecular complexity index is 751. The fourth-order valence-corrected chi connectivity index (χ4v) is 2.96. The van der Waals surface area contributed by atoms with Crippen molar-refractivity contribution < 1.29 is 9.66 Å². The molecule has 0 fully saturated rings. The van der Waals surface area contributed by atoms with Gasteiger partial charge in [0.1, 0.15) is 11.9 Å². The predicted molar refractivity (Wildman–Crippen MR) is 86.7 cm³/mol. The van der Waals surface area contributed by atoms with Crippen LogP contribution in [0.1, 0.15) is 16.8 Å². The van der Waals surface area contributed by atoms with Crippen LogP contribution in [-0.4, -0.2) is 28.5 Å². The molecule has 0 amide bonds. The third-order valence-corrected chi connectivity index (χ3v) is 4.19. The van der Waals surface area contributed by atoms with Crippen molar-refractivity contribution in [1.29, 1.82) is 0 Å². The van der Waals surface area contributed by atoms with E-state index in [9.17, 15) is 10.1 Å². The van der Waals surface area contributed by atoms with Gasteiger partial charge in [0.25, 0.3) is 5.69 Å². The van der Waals surface area contributed by atoms with E-state index in [2.05, 4.69) is 9.88 Å². The number of pyridine rings is 1. The zero-order valence-corrected chi connectivity index (χ0v) is 13.4. The number of rotatable bonds is 4. The van der Waals surface area contributed by atoms with E-state index < -0.39 is 4.92 Å². The van der Waals surface area contributed by atoms with Gasteiger partial charge in [-0.1, -0.05) is 17.7 Å². The summed E-state index contributed by atoms with van der Waals surface area (Å²) in [6.45, 7) is 2.18. The minimum atomic E-state index is -0.408. The fraction of sp³-hybridized carbons (Fsp3) is 0.312. The van der Waals surface area contributed by atoms with E-state index in [0.717, 1.165) is 35.5 Å². The zero-order valence-electron chi connectivity index (χ0n) is 12.7. The molecule has 0 saturated heterocycles. The molecule has 0 bridgehead atoms. The fourth-order valence-electron chi connectivity index (χ4n) is 2.80. The molecular weight excluding hydrogens is 318 g/mol. The Kier molecular flexibility index (Phi) is 4.45. The Morgan fingerprint density at radius 2 is 2.26 bits per heavy atom. The number of aromatic nitrogens is 1. The van der Waals surface area contributed by atoms with Gasteiger partial charge in [-0.15, -0.1) is 0 Å². The highest BCUT2D eigenvalue weighted by Crippen LogP contribution is 2.27. The van der Waals surface area contributed by atoms with Gasteiger partial charge in [0.2, 0.25) is 0 Å². The molecule has 0 radical (unpaired) electrons. The molecule has 2 aromatic rings. The molecule has 0 unspecified atom stereocenters. The topological polar surface area (TPSA) is 68.5 Å². The minimum absolute atomic E-state index is 0.0367. The number of nitrogens with zero attached hydrogens (tertiary/aromatic N) is 3. The van der Waals surface area contributed by atoms with Crippen molar-refractivity contribution in [2.75, 3.05) is 13.7 Å². The van der Waals surface area contributed by atoms with Gasteiger partial charge in [0.15, 0.2) is 0 Å². The molecule has 1 aliphatic rings. The van der Waals surface area contributed by atoms with Crippen LogP contribution in [0, 0.1) is 10.1 Å². The van der Waals surface area contributed by atoms with Crippen LogP contribution >= 0.6 is 11.6 Å². The van der Waals surface area contributed by atoms with Gasteiger partial charge in [0, 0.05) is 48.4 Å². The first-order chi connectivity index (χ1) is 11.1. The van der Waals surface area contributed by atoms with Crippen LogP contribution in [0.2, 0.25) is 5.02 Å². The number of halogens is 1. The average molecular weight is 334 g/mol. The molecule has 0 N–H and O–H groups in total. The van der Waals surface area contributed by atoms with Crippen molar-refractivity contribution in [3.63, 3.8) is 0 Å². The number of benzene rings is 1. The molecule has 1 aromatic carbocycles. The summed E-state index contributed by atoms with van der Waals surface area (Å²) in [4.78, 5) is 16.9. The van der Waals surface area contributed by atoms with E-state index in [-0.39, 0.29) is 5.69 Å². The standard InChI is InChI=1S/C16H16ClN3O3/c1-23-16-7-13(17)3-2-11(16)9-19-5-4-15-12(10-19)6-14(8-18-15)20(21)22/h2-3,6-8H,4-5,9-10H2,1H3. The summed E-state index contributed by atoms with van der Waals surface area (Å²) in [7, 11) is 1.62. The molecule has 3 rings (SSSR count). The lowest BCUT2D eigenvalue weighted by Crippen LogP contribution is -2.30. The summed E-state index contributed by atoms with van der Waals surface area (Å²) in [6.07, 6.45) is 2.11. The van der Waals surface area contributed by atoms with E-state index in [1.165, 1.54) is 6.20 Å². The Morgan fingerprint density at radius 3 is 3.00 bits per heavy atom. The van der Waals surface area contributed by atoms with Gasteiger partial charge in [-0.3, -0.25) is 20.0 Å². The van der Waals surface area contributed by atoms with Crippen molar-refractivity contribution in [2.24, 2.45) is 0 Å².